The second kappa shape index (κ2) is 6.49. The maximum Gasteiger partial charge on any atom is 0.433 e. The highest BCUT2D eigenvalue weighted by Gasteiger charge is 2.35. The molecule has 136 valence electrons. The van der Waals surface area contributed by atoms with Crippen LogP contribution in [0.3, 0.4) is 0 Å². The van der Waals surface area contributed by atoms with Gasteiger partial charge in [-0.05, 0) is 25.1 Å². The number of aryl methyl sites for hydroxylation is 1. The number of aromatic nitrogens is 3. The second-order valence-electron chi connectivity index (χ2n) is 6.20. The van der Waals surface area contributed by atoms with Gasteiger partial charge in [0, 0.05) is 21.7 Å². The van der Waals surface area contributed by atoms with Crippen LogP contribution in [0.5, 0.6) is 0 Å². The number of halogens is 4. The summed E-state index contributed by atoms with van der Waals surface area (Å²) in [6.07, 6.45) is -4.55. The molecule has 2 aromatic heterocycles. The highest BCUT2D eigenvalue weighted by molar-refractivity contribution is 9.10. The lowest BCUT2D eigenvalue weighted by molar-refractivity contribution is -0.142. The van der Waals surface area contributed by atoms with Crippen LogP contribution in [-0.4, -0.2) is 14.6 Å². The Labute approximate surface area is 161 Å². The van der Waals surface area contributed by atoms with Crippen LogP contribution in [0.1, 0.15) is 11.3 Å². The van der Waals surface area contributed by atoms with Gasteiger partial charge < -0.3 is 0 Å². The van der Waals surface area contributed by atoms with Crippen molar-refractivity contribution in [2.75, 3.05) is 0 Å². The van der Waals surface area contributed by atoms with Crippen LogP contribution in [-0.2, 0) is 6.18 Å². The SMILES string of the molecule is Cc1ccc(-c2cc(C(F)(F)F)n3nc(-c4cccc(Br)c4)cc3n2)cc1. The van der Waals surface area contributed by atoms with Gasteiger partial charge in [0.25, 0.3) is 0 Å². The minimum atomic E-state index is -4.55. The van der Waals surface area contributed by atoms with Gasteiger partial charge in [-0.2, -0.15) is 18.3 Å². The molecule has 0 spiro atoms. The predicted octanol–water partition coefficient (Wildman–Crippen LogP) is 6.15. The van der Waals surface area contributed by atoms with Crippen molar-refractivity contribution < 1.29 is 13.2 Å². The molecule has 2 aromatic carbocycles. The van der Waals surface area contributed by atoms with E-state index in [1.165, 1.54) is 0 Å². The second-order valence-corrected chi connectivity index (χ2v) is 7.12. The lowest BCUT2D eigenvalue weighted by atomic mass is 10.1. The van der Waals surface area contributed by atoms with Crippen molar-refractivity contribution in [1.29, 1.82) is 0 Å². The zero-order chi connectivity index (χ0) is 19.2. The first-order chi connectivity index (χ1) is 12.8. The largest absolute Gasteiger partial charge is 0.433 e. The van der Waals surface area contributed by atoms with E-state index in [4.69, 9.17) is 0 Å². The molecule has 7 heteroatoms. The summed E-state index contributed by atoms with van der Waals surface area (Å²) in [6.45, 7) is 1.92. The van der Waals surface area contributed by atoms with Gasteiger partial charge in [-0.15, -0.1) is 0 Å². The number of hydrogen-bond donors (Lipinski definition) is 0. The topological polar surface area (TPSA) is 30.2 Å². The van der Waals surface area contributed by atoms with E-state index >= 15 is 0 Å². The first-order valence-electron chi connectivity index (χ1n) is 8.12. The minimum Gasteiger partial charge on any atom is -0.228 e. The van der Waals surface area contributed by atoms with Crippen molar-refractivity contribution in [3.8, 4) is 22.5 Å². The normalized spacial score (nSPS) is 11.9. The summed E-state index contributed by atoms with van der Waals surface area (Å²) in [4.78, 5) is 4.41. The lowest BCUT2D eigenvalue weighted by Crippen LogP contribution is -2.13. The summed E-state index contributed by atoms with van der Waals surface area (Å²) in [5, 5.41) is 4.15. The molecule has 2 heterocycles. The Kier molecular flexibility index (Phi) is 4.26. The van der Waals surface area contributed by atoms with Gasteiger partial charge in [0.2, 0.25) is 0 Å². The highest BCUT2D eigenvalue weighted by Crippen LogP contribution is 2.33. The Hall–Kier alpha value is -2.67. The van der Waals surface area contributed by atoms with Crippen LogP contribution in [0.2, 0.25) is 0 Å². The van der Waals surface area contributed by atoms with Crippen LogP contribution >= 0.6 is 15.9 Å². The molecule has 27 heavy (non-hydrogen) atoms. The zero-order valence-electron chi connectivity index (χ0n) is 14.1. The van der Waals surface area contributed by atoms with Crippen molar-refractivity contribution in [2.45, 2.75) is 13.1 Å². The Morgan fingerprint density at radius 3 is 2.30 bits per heavy atom. The summed E-state index contributed by atoms with van der Waals surface area (Å²) < 4.78 is 42.6. The lowest BCUT2D eigenvalue weighted by Gasteiger charge is -2.11. The maximum absolute atomic E-state index is 13.7. The van der Waals surface area contributed by atoms with E-state index in [0.717, 1.165) is 20.6 Å². The summed E-state index contributed by atoms with van der Waals surface area (Å²) in [5.41, 5.74) is 2.33. The van der Waals surface area contributed by atoms with E-state index in [1.54, 1.807) is 36.4 Å². The number of benzene rings is 2. The fraction of sp³-hybridized carbons (Fsp3) is 0.100. The fourth-order valence-corrected chi connectivity index (χ4v) is 3.24. The van der Waals surface area contributed by atoms with E-state index in [0.29, 0.717) is 16.8 Å². The average molecular weight is 432 g/mol. The highest BCUT2D eigenvalue weighted by atomic mass is 79.9. The molecule has 3 nitrogen and oxygen atoms in total. The van der Waals surface area contributed by atoms with E-state index in [9.17, 15) is 13.2 Å². The number of alkyl halides is 3. The Morgan fingerprint density at radius 2 is 1.63 bits per heavy atom. The molecule has 0 saturated heterocycles. The van der Waals surface area contributed by atoms with Gasteiger partial charge >= 0.3 is 6.18 Å². The Balaban J connectivity index is 1.94. The molecule has 0 fully saturated rings. The molecule has 4 rings (SSSR count). The number of rotatable bonds is 2. The number of hydrogen-bond acceptors (Lipinski definition) is 2. The molecule has 0 radical (unpaired) electrons. The molecule has 0 N–H and O–H groups in total. The molecule has 0 bridgehead atoms. The van der Waals surface area contributed by atoms with E-state index in [2.05, 4.69) is 26.0 Å². The molecule has 0 unspecified atom stereocenters. The summed E-state index contributed by atoms with van der Waals surface area (Å²) in [7, 11) is 0. The Bertz CT molecular complexity index is 1130. The minimum absolute atomic E-state index is 0.148. The zero-order valence-corrected chi connectivity index (χ0v) is 15.7. The summed E-state index contributed by atoms with van der Waals surface area (Å²) in [5.74, 6) is 0. The van der Waals surface area contributed by atoms with Gasteiger partial charge in [-0.1, -0.05) is 57.9 Å². The van der Waals surface area contributed by atoms with Crippen LogP contribution in [0.15, 0.2) is 65.1 Å². The molecule has 0 amide bonds. The van der Waals surface area contributed by atoms with Crippen LogP contribution in [0.4, 0.5) is 13.2 Å². The third-order valence-electron chi connectivity index (χ3n) is 4.19. The first kappa shape index (κ1) is 17.7. The third kappa shape index (κ3) is 3.47. The van der Waals surface area contributed by atoms with Gasteiger partial charge in [0.05, 0.1) is 11.4 Å². The first-order valence-corrected chi connectivity index (χ1v) is 8.91. The molecular formula is C20H13BrF3N3. The van der Waals surface area contributed by atoms with Gasteiger partial charge in [0.1, 0.15) is 0 Å². The molecule has 0 saturated carbocycles. The average Bonchev–Trinajstić information content (AvgIpc) is 3.04. The molecule has 0 atom stereocenters. The van der Waals surface area contributed by atoms with Crippen molar-refractivity contribution in [1.82, 2.24) is 14.6 Å². The smallest absolute Gasteiger partial charge is 0.228 e. The number of nitrogens with zero attached hydrogens (tertiary/aromatic N) is 3. The van der Waals surface area contributed by atoms with Gasteiger partial charge in [-0.3, -0.25) is 0 Å². The molecule has 0 aliphatic heterocycles. The van der Waals surface area contributed by atoms with Crippen LogP contribution in [0, 0.1) is 6.92 Å². The molecule has 0 aliphatic carbocycles. The van der Waals surface area contributed by atoms with E-state index < -0.39 is 11.9 Å². The molecule has 0 aliphatic rings. The monoisotopic (exact) mass is 431 g/mol. The van der Waals surface area contributed by atoms with Crippen molar-refractivity contribution in [3.63, 3.8) is 0 Å². The molecule has 4 aromatic rings. The maximum atomic E-state index is 13.7. The van der Waals surface area contributed by atoms with Crippen molar-refractivity contribution >= 4 is 21.6 Å². The van der Waals surface area contributed by atoms with Crippen molar-refractivity contribution in [3.05, 3.63) is 76.4 Å². The Morgan fingerprint density at radius 1 is 0.889 bits per heavy atom. The fourth-order valence-electron chi connectivity index (χ4n) is 2.84. The number of fused-ring (bicyclic) bond motifs is 1. The van der Waals surface area contributed by atoms with Gasteiger partial charge in [-0.25, -0.2) is 9.50 Å². The van der Waals surface area contributed by atoms with Crippen LogP contribution < -0.4 is 0 Å². The standard InChI is InChI=1S/C20H13BrF3N3/c1-12-5-7-13(8-6-12)16-10-18(20(22,23)24)27-19(25-16)11-17(26-27)14-3-2-4-15(21)9-14/h2-11H,1H3. The summed E-state index contributed by atoms with van der Waals surface area (Å²) in [6, 6.07) is 17.1. The summed E-state index contributed by atoms with van der Waals surface area (Å²) >= 11 is 3.37. The molecular weight excluding hydrogens is 419 g/mol. The van der Waals surface area contributed by atoms with Gasteiger partial charge in [0.15, 0.2) is 11.3 Å². The van der Waals surface area contributed by atoms with Crippen molar-refractivity contribution in [2.24, 2.45) is 0 Å². The quantitative estimate of drug-likeness (QED) is 0.380. The van der Waals surface area contributed by atoms with E-state index in [1.807, 2.05) is 25.1 Å². The predicted molar refractivity (Wildman–Crippen MR) is 101 cm³/mol. The van der Waals surface area contributed by atoms with Crippen LogP contribution in [0.25, 0.3) is 28.2 Å². The third-order valence-corrected chi connectivity index (χ3v) is 4.68. The van der Waals surface area contributed by atoms with E-state index in [-0.39, 0.29) is 11.3 Å².